The number of hydrazone groups is 1. The van der Waals surface area contributed by atoms with Crippen molar-refractivity contribution in [2.75, 3.05) is 19.7 Å². The quantitative estimate of drug-likeness (QED) is 0.594. The fourth-order valence-electron chi connectivity index (χ4n) is 2.39. The lowest BCUT2D eigenvalue weighted by atomic mass is 10.2. The first-order valence-electron chi connectivity index (χ1n) is 7.94. The Kier molecular flexibility index (Phi) is 6.78. The van der Waals surface area contributed by atoms with Gasteiger partial charge in [0.25, 0.3) is 5.91 Å². The summed E-state index contributed by atoms with van der Waals surface area (Å²) in [6, 6.07) is 5.62. The minimum Gasteiger partial charge on any atom is -0.483 e. The van der Waals surface area contributed by atoms with Gasteiger partial charge < -0.3 is 9.64 Å². The van der Waals surface area contributed by atoms with Gasteiger partial charge in [-0.3, -0.25) is 9.59 Å². The smallest absolute Gasteiger partial charge is 0.277 e. The van der Waals surface area contributed by atoms with E-state index in [4.69, 9.17) is 4.74 Å². The second-order valence-electron chi connectivity index (χ2n) is 5.87. The molecule has 6 nitrogen and oxygen atoms in total. The molecule has 0 bridgehead atoms. The van der Waals surface area contributed by atoms with Gasteiger partial charge in [0.2, 0.25) is 5.91 Å². The van der Waals surface area contributed by atoms with Crippen LogP contribution in [0.15, 0.2) is 27.8 Å². The molecule has 0 unspecified atom stereocenters. The zero-order valence-corrected chi connectivity index (χ0v) is 15.6. The third kappa shape index (κ3) is 5.63. The maximum absolute atomic E-state index is 12.0. The fourth-order valence-corrected chi connectivity index (χ4v) is 3.00. The minimum atomic E-state index is -0.365. The van der Waals surface area contributed by atoms with Crippen molar-refractivity contribution >= 4 is 33.5 Å². The van der Waals surface area contributed by atoms with Crippen LogP contribution < -0.4 is 10.2 Å². The number of rotatable bonds is 6. The van der Waals surface area contributed by atoms with Crippen LogP contribution in [0.3, 0.4) is 0 Å². The van der Waals surface area contributed by atoms with Gasteiger partial charge in [-0.25, -0.2) is 5.43 Å². The number of ether oxygens (including phenoxy) is 1. The van der Waals surface area contributed by atoms with Gasteiger partial charge in [-0.05, 0) is 60.3 Å². The number of benzene rings is 1. The molecule has 1 aliphatic heterocycles. The third-order valence-electron chi connectivity index (χ3n) is 3.68. The second-order valence-corrected chi connectivity index (χ2v) is 6.72. The Balaban J connectivity index is 1.76. The lowest BCUT2D eigenvalue weighted by molar-refractivity contribution is -0.129. The summed E-state index contributed by atoms with van der Waals surface area (Å²) in [5.74, 6) is 0.291. The summed E-state index contributed by atoms with van der Waals surface area (Å²) in [6.45, 7) is 5.20. The maximum atomic E-state index is 12.0. The molecule has 0 radical (unpaired) electrons. The Bertz CT molecular complexity index is 640. The highest BCUT2D eigenvalue weighted by atomic mass is 79.9. The fraction of sp³-hybridized carbons (Fsp3) is 0.471. The van der Waals surface area contributed by atoms with Crippen LogP contribution in [0.25, 0.3) is 0 Å². The number of hydrogen-bond donors (Lipinski definition) is 1. The van der Waals surface area contributed by atoms with E-state index in [0.717, 1.165) is 36.0 Å². The van der Waals surface area contributed by atoms with E-state index in [1.807, 2.05) is 24.0 Å². The van der Waals surface area contributed by atoms with E-state index < -0.39 is 0 Å². The van der Waals surface area contributed by atoms with Crippen LogP contribution in [-0.2, 0) is 9.59 Å². The molecule has 7 heteroatoms. The molecule has 0 saturated carbocycles. The summed E-state index contributed by atoms with van der Waals surface area (Å²) in [4.78, 5) is 25.6. The Hall–Kier alpha value is -1.89. The number of carbonyl (C=O) groups excluding carboxylic acids is 2. The Morgan fingerprint density at radius 1 is 1.33 bits per heavy atom. The zero-order chi connectivity index (χ0) is 17.5. The van der Waals surface area contributed by atoms with E-state index in [1.54, 1.807) is 13.0 Å². The molecular formula is C17H22BrN3O3. The Morgan fingerprint density at radius 2 is 2.04 bits per heavy atom. The van der Waals surface area contributed by atoms with Crippen LogP contribution in [0.1, 0.15) is 31.7 Å². The number of aryl methyl sites for hydroxylation is 1. The van der Waals surface area contributed by atoms with Gasteiger partial charge in [0, 0.05) is 18.8 Å². The monoisotopic (exact) mass is 395 g/mol. The normalized spacial score (nSPS) is 14.6. The van der Waals surface area contributed by atoms with Gasteiger partial charge in [0.1, 0.15) is 5.75 Å². The van der Waals surface area contributed by atoms with Crippen LogP contribution in [0, 0.1) is 6.92 Å². The maximum Gasteiger partial charge on any atom is 0.277 e. The standard InChI is InChI=1S/C17H22BrN3O3/c1-12-5-6-15(14(18)9-12)24-11-16(22)20-19-13(2)10-17(23)21-7-3-4-8-21/h5-6,9H,3-4,7-8,10-11H2,1-2H3,(H,20,22)/b19-13-. The number of halogens is 1. The topological polar surface area (TPSA) is 71.0 Å². The number of nitrogens with zero attached hydrogens (tertiary/aromatic N) is 2. The lowest BCUT2D eigenvalue weighted by Crippen LogP contribution is -2.30. The molecular weight excluding hydrogens is 374 g/mol. The molecule has 0 atom stereocenters. The molecule has 0 aromatic heterocycles. The summed E-state index contributed by atoms with van der Waals surface area (Å²) < 4.78 is 6.24. The van der Waals surface area contributed by atoms with Gasteiger partial charge in [0.05, 0.1) is 10.9 Å². The van der Waals surface area contributed by atoms with Gasteiger partial charge in [0.15, 0.2) is 6.61 Å². The predicted octanol–water partition coefficient (Wildman–Crippen LogP) is 2.64. The largest absolute Gasteiger partial charge is 0.483 e. The van der Waals surface area contributed by atoms with Crippen molar-refractivity contribution in [3.05, 3.63) is 28.2 Å². The van der Waals surface area contributed by atoms with Gasteiger partial charge in [-0.15, -0.1) is 0 Å². The van der Waals surface area contributed by atoms with Crippen molar-refractivity contribution in [3.8, 4) is 5.75 Å². The molecule has 2 rings (SSSR count). The van der Waals surface area contributed by atoms with Crippen LogP contribution >= 0.6 is 15.9 Å². The second kappa shape index (κ2) is 8.82. The van der Waals surface area contributed by atoms with Gasteiger partial charge >= 0.3 is 0 Å². The van der Waals surface area contributed by atoms with Gasteiger partial charge in [-0.2, -0.15) is 5.10 Å². The molecule has 1 saturated heterocycles. The Labute approximate surface area is 150 Å². The lowest BCUT2D eigenvalue weighted by Gasteiger charge is -2.14. The van der Waals surface area contributed by atoms with Crippen molar-refractivity contribution < 1.29 is 14.3 Å². The highest BCUT2D eigenvalue weighted by molar-refractivity contribution is 9.10. The molecule has 1 heterocycles. The average Bonchev–Trinajstić information content (AvgIpc) is 3.06. The van der Waals surface area contributed by atoms with Crippen LogP contribution in [0.2, 0.25) is 0 Å². The van der Waals surface area contributed by atoms with E-state index in [2.05, 4.69) is 26.5 Å². The minimum absolute atomic E-state index is 0.0582. The molecule has 0 spiro atoms. The molecule has 2 amide bonds. The zero-order valence-electron chi connectivity index (χ0n) is 14.0. The highest BCUT2D eigenvalue weighted by Gasteiger charge is 2.18. The van der Waals surface area contributed by atoms with Crippen LogP contribution in [0.5, 0.6) is 5.75 Å². The van der Waals surface area contributed by atoms with Crippen molar-refractivity contribution in [1.82, 2.24) is 10.3 Å². The van der Waals surface area contributed by atoms with Crippen LogP contribution in [0.4, 0.5) is 0 Å². The molecule has 0 aliphatic carbocycles. The molecule has 1 N–H and O–H groups in total. The number of likely N-dealkylation sites (tertiary alicyclic amines) is 1. The van der Waals surface area contributed by atoms with Crippen molar-refractivity contribution in [2.24, 2.45) is 5.10 Å². The first kappa shape index (κ1) is 18.4. The molecule has 1 fully saturated rings. The predicted molar refractivity (Wildman–Crippen MR) is 96.1 cm³/mol. The van der Waals surface area contributed by atoms with E-state index in [9.17, 15) is 9.59 Å². The number of hydrogen-bond acceptors (Lipinski definition) is 4. The average molecular weight is 396 g/mol. The van der Waals surface area contributed by atoms with E-state index in [-0.39, 0.29) is 24.8 Å². The van der Waals surface area contributed by atoms with Crippen molar-refractivity contribution in [1.29, 1.82) is 0 Å². The van der Waals surface area contributed by atoms with Crippen molar-refractivity contribution in [2.45, 2.75) is 33.1 Å². The van der Waals surface area contributed by atoms with E-state index in [1.165, 1.54) is 0 Å². The number of nitrogens with one attached hydrogen (secondary N) is 1. The van der Waals surface area contributed by atoms with Crippen molar-refractivity contribution in [3.63, 3.8) is 0 Å². The summed E-state index contributed by atoms with van der Waals surface area (Å²) in [7, 11) is 0. The molecule has 1 aromatic rings. The molecule has 24 heavy (non-hydrogen) atoms. The van der Waals surface area contributed by atoms with E-state index >= 15 is 0 Å². The third-order valence-corrected chi connectivity index (χ3v) is 4.30. The Morgan fingerprint density at radius 3 is 2.71 bits per heavy atom. The summed E-state index contributed by atoms with van der Waals surface area (Å²) in [5, 5.41) is 3.96. The van der Waals surface area contributed by atoms with E-state index in [0.29, 0.717) is 11.5 Å². The van der Waals surface area contributed by atoms with Gasteiger partial charge in [-0.1, -0.05) is 6.07 Å². The number of carbonyl (C=O) groups is 2. The molecule has 1 aromatic carbocycles. The summed E-state index contributed by atoms with van der Waals surface area (Å²) >= 11 is 3.39. The summed E-state index contributed by atoms with van der Waals surface area (Å²) in [6.07, 6.45) is 2.35. The highest BCUT2D eigenvalue weighted by Crippen LogP contribution is 2.25. The van der Waals surface area contributed by atoms with Crippen LogP contribution in [-0.4, -0.2) is 42.1 Å². The first-order chi connectivity index (χ1) is 11.5. The summed E-state index contributed by atoms with van der Waals surface area (Å²) in [5.41, 5.74) is 4.10. The molecule has 130 valence electrons. The number of amides is 2. The SMILES string of the molecule is C/C(CC(=O)N1CCCC1)=N/NC(=O)COc1ccc(C)cc1Br. The molecule has 1 aliphatic rings. The first-order valence-corrected chi connectivity index (χ1v) is 8.73.